The number of hydrogen-bond acceptors (Lipinski definition) is 6. The third-order valence-corrected chi connectivity index (χ3v) is 3.57. The topological polar surface area (TPSA) is 80.5 Å². The third kappa shape index (κ3) is 3.85. The van der Waals surface area contributed by atoms with E-state index < -0.39 is 0 Å². The first-order valence-corrected chi connectivity index (χ1v) is 6.75. The van der Waals surface area contributed by atoms with Crippen LogP contribution in [0.15, 0.2) is 0 Å². The molecular weight excluding hydrogens is 252 g/mol. The molecule has 3 N–H and O–H groups in total. The van der Waals surface area contributed by atoms with Gasteiger partial charge in [0.15, 0.2) is 5.13 Å². The minimum Gasteiger partial charge on any atom is -0.382 e. The van der Waals surface area contributed by atoms with Crippen molar-refractivity contribution in [2.45, 2.75) is 13.8 Å². The fourth-order valence-corrected chi connectivity index (χ4v) is 2.17. The summed E-state index contributed by atoms with van der Waals surface area (Å²) in [5, 5.41) is 3.51. The summed E-state index contributed by atoms with van der Waals surface area (Å²) in [6.45, 7) is 6.36. The van der Waals surface area contributed by atoms with Crippen molar-refractivity contribution in [2.75, 3.05) is 44.0 Å². The highest BCUT2D eigenvalue weighted by molar-refractivity contribution is 7.18. The van der Waals surface area contributed by atoms with Crippen LogP contribution in [0.4, 0.5) is 10.9 Å². The van der Waals surface area contributed by atoms with Crippen LogP contribution >= 0.6 is 11.3 Å². The maximum absolute atomic E-state index is 11.9. The lowest BCUT2D eigenvalue weighted by molar-refractivity contribution is 0.0927. The van der Waals surface area contributed by atoms with Gasteiger partial charge in [-0.05, 0) is 13.8 Å². The number of nitrogens with one attached hydrogen (secondary N) is 1. The van der Waals surface area contributed by atoms with Crippen molar-refractivity contribution in [3.8, 4) is 0 Å². The molecule has 0 saturated heterocycles. The number of nitrogens with zero attached hydrogens (tertiary/aromatic N) is 2. The molecular formula is C11H20N4O2S. The van der Waals surface area contributed by atoms with Crippen LogP contribution in [-0.4, -0.2) is 44.2 Å². The number of rotatable bonds is 7. The van der Waals surface area contributed by atoms with Crippen LogP contribution in [-0.2, 0) is 4.74 Å². The Morgan fingerprint density at radius 3 is 2.89 bits per heavy atom. The van der Waals surface area contributed by atoms with Gasteiger partial charge in [-0.1, -0.05) is 11.3 Å². The Morgan fingerprint density at radius 2 is 2.28 bits per heavy atom. The zero-order valence-corrected chi connectivity index (χ0v) is 11.8. The summed E-state index contributed by atoms with van der Waals surface area (Å²) >= 11 is 1.30. The van der Waals surface area contributed by atoms with Gasteiger partial charge in [0.05, 0.1) is 6.61 Å². The van der Waals surface area contributed by atoms with Gasteiger partial charge in [0, 0.05) is 26.7 Å². The second-order valence-corrected chi connectivity index (χ2v) is 4.66. The fourth-order valence-electron chi connectivity index (χ4n) is 1.24. The maximum atomic E-state index is 11.9. The minimum atomic E-state index is -0.194. The third-order valence-electron chi connectivity index (χ3n) is 2.39. The molecule has 0 fully saturated rings. The molecule has 0 bridgehead atoms. The van der Waals surface area contributed by atoms with Gasteiger partial charge in [0.1, 0.15) is 10.7 Å². The van der Waals surface area contributed by atoms with Crippen molar-refractivity contribution in [2.24, 2.45) is 0 Å². The zero-order valence-electron chi connectivity index (χ0n) is 11.0. The summed E-state index contributed by atoms with van der Waals surface area (Å²) in [6, 6.07) is 0. The van der Waals surface area contributed by atoms with Crippen LogP contribution in [0, 0.1) is 0 Å². The van der Waals surface area contributed by atoms with Crippen LogP contribution in [0.2, 0.25) is 0 Å². The SMILES string of the molecule is CCOCCNC(=O)c1sc(N(C)CC)nc1N. The van der Waals surface area contributed by atoms with E-state index in [4.69, 9.17) is 10.5 Å². The molecule has 0 atom stereocenters. The molecule has 1 amide bonds. The number of anilines is 2. The normalized spacial score (nSPS) is 10.4. The highest BCUT2D eigenvalue weighted by atomic mass is 32.1. The summed E-state index contributed by atoms with van der Waals surface area (Å²) in [5.41, 5.74) is 5.75. The maximum Gasteiger partial charge on any atom is 0.265 e. The van der Waals surface area contributed by atoms with Crippen LogP contribution in [0.3, 0.4) is 0 Å². The molecule has 1 aromatic rings. The average molecular weight is 272 g/mol. The van der Waals surface area contributed by atoms with E-state index in [0.717, 1.165) is 11.7 Å². The second-order valence-electron chi connectivity index (χ2n) is 3.68. The number of amides is 1. The number of carbonyl (C=O) groups excluding carboxylic acids is 1. The van der Waals surface area contributed by atoms with Crippen molar-refractivity contribution >= 4 is 28.2 Å². The highest BCUT2D eigenvalue weighted by Crippen LogP contribution is 2.26. The van der Waals surface area contributed by atoms with Gasteiger partial charge >= 0.3 is 0 Å². The lowest BCUT2D eigenvalue weighted by Gasteiger charge is -2.10. The number of carbonyl (C=O) groups is 1. The van der Waals surface area contributed by atoms with Crippen LogP contribution < -0.4 is 16.0 Å². The quantitative estimate of drug-likeness (QED) is 0.722. The molecule has 1 aromatic heterocycles. The Kier molecular flexibility index (Phi) is 5.87. The summed E-state index contributed by atoms with van der Waals surface area (Å²) in [7, 11) is 1.91. The number of hydrogen-bond donors (Lipinski definition) is 2. The summed E-state index contributed by atoms with van der Waals surface area (Å²) in [6.07, 6.45) is 0. The predicted octanol–water partition coefficient (Wildman–Crippen LogP) is 0.948. The monoisotopic (exact) mass is 272 g/mol. The molecule has 0 unspecified atom stereocenters. The van der Waals surface area contributed by atoms with E-state index in [1.165, 1.54) is 11.3 Å². The molecule has 18 heavy (non-hydrogen) atoms. The molecule has 0 spiro atoms. The standard InChI is InChI=1S/C11H20N4O2S/c1-4-15(3)11-14-9(12)8(18-11)10(16)13-6-7-17-5-2/h4-7,12H2,1-3H3,(H,13,16). The summed E-state index contributed by atoms with van der Waals surface area (Å²) in [5.74, 6) is 0.0877. The van der Waals surface area contributed by atoms with E-state index in [1.807, 2.05) is 25.8 Å². The largest absolute Gasteiger partial charge is 0.382 e. The molecule has 0 saturated carbocycles. The molecule has 102 valence electrons. The molecule has 0 aromatic carbocycles. The van der Waals surface area contributed by atoms with E-state index in [-0.39, 0.29) is 11.7 Å². The van der Waals surface area contributed by atoms with E-state index in [9.17, 15) is 4.79 Å². The van der Waals surface area contributed by atoms with E-state index in [1.54, 1.807) is 0 Å². The lowest BCUT2D eigenvalue weighted by Crippen LogP contribution is -2.27. The van der Waals surface area contributed by atoms with Gasteiger partial charge in [-0.2, -0.15) is 0 Å². The lowest BCUT2D eigenvalue weighted by atomic mass is 10.4. The van der Waals surface area contributed by atoms with Gasteiger partial charge in [-0.25, -0.2) is 4.98 Å². The van der Waals surface area contributed by atoms with Crippen LogP contribution in [0.1, 0.15) is 23.5 Å². The molecule has 7 heteroatoms. The molecule has 0 aliphatic heterocycles. The fraction of sp³-hybridized carbons (Fsp3) is 0.636. The van der Waals surface area contributed by atoms with Crippen LogP contribution in [0.5, 0.6) is 0 Å². The van der Waals surface area contributed by atoms with E-state index >= 15 is 0 Å². The Labute approximate surface area is 111 Å². The molecule has 6 nitrogen and oxygen atoms in total. The van der Waals surface area contributed by atoms with Gasteiger partial charge in [-0.3, -0.25) is 4.79 Å². The number of ether oxygens (including phenoxy) is 1. The molecule has 0 radical (unpaired) electrons. The van der Waals surface area contributed by atoms with Crippen molar-refractivity contribution in [1.29, 1.82) is 0 Å². The van der Waals surface area contributed by atoms with Gasteiger partial charge in [-0.15, -0.1) is 0 Å². The average Bonchev–Trinajstić information content (AvgIpc) is 2.75. The van der Waals surface area contributed by atoms with Gasteiger partial charge < -0.3 is 20.7 Å². The summed E-state index contributed by atoms with van der Waals surface area (Å²) < 4.78 is 5.14. The van der Waals surface area contributed by atoms with Crippen molar-refractivity contribution in [3.63, 3.8) is 0 Å². The number of aromatic nitrogens is 1. The van der Waals surface area contributed by atoms with E-state index in [2.05, 4.69) is 10.3 Å². The van der Waals surface area contributed by atoms with Crippen molar-refractivity contribution in [3.05, 3.63) is 4.88 Å². The summed E-state index contributed by atoms with van der Waals surface area (Å²) in [4.78, 5) is 18.4. The Balaban J connectivity index is 2.60. The Morgan fingerprint density at radius 1 is 1.56 bits per heavy atom. The molecule has 0 aliphatic carbocycles. The van der Waals surface area contributed by atoms with Crippen molar-refractivity contribution < 1.29 is 9.53 Å². The zero-order chi connectivity index (χ0) is 13.5. The first-order valence-electron chi connectivity index (χ1n) is 5.93. The van der Waals surface area contributed by atoms with Gasteiger partial charge in [0.25, 0.3) is 5.91 Å². The number of nitrogens with two attached hydrogens (primary N) is 1. The first kappa shape index (κ1) is 14.7. The highest BCUT2D eigenvalue weighted by Gasteiger charge is 2.17. The van der Waals surface area contributed by atoms with Crippen LogP contribution in [0.25, 0.3) is 0 Å². The number of thiazole rings is 1. The molecule has 1 heterocycles. The van der Waals surface area contributed by atoms with Crippen molar-refractivity contribution in [1.82, 2.24) is 10.3 Å². The Bertz CT molecular complexity index is 394. The van der Waals surface area contributed by atoms with Gasteiger partial charge in [0.2, 0.25) is 0 Å². The Hall–Kier alpha value is -1.34. The second kappa shape index (κ2) is 7.17. The van der Waals surface area contributed by atoms with E-state index in [0.29, 0.717) is 24.6 Å². The smallest absolute Gasteiger partial charge is 0.265 e. The number of nitrogen functional groups attached to an aromatic ring is 1. The predicted molar refractivity (Wildman–Crippen MR) is 74.3 cm³/mol. The molecule has 1 rings (SSSR count). The minimum absolute atomic E-state index is 0.194. The first-order chi connectivity index (χ1) is 8.60. The molecule has 0 aliphatic rings.